The molecule has 0 aromatic heterocycles. The zero-order valence-electron chi connectivity index (χ0n) is 13.0. The van der Waals surface area contributed by atoms with Crippen LogP contribution in [0.5, 0.6) is 0 Å². The highest BCUT2D eigenvalue weighted by Gasteiger charge is 2.68. The van der Waals surface area contributed by atoms with Crippen molar-refractivity contribution in [2.75, 3.05) is 0 Å². The van der Waals surface area contributed by atoms with Gasteiger partial charge in [0.15, 0.2) is 0 Å². The lowest BCUT2D eigenvalue weighted by Crippen LogP contribution is -2.52. The second kappa shape index (κ2) is 5.05. The number of Topliss-reactive ketones (excluding diaryl/α,β-unsaturated/α-hetero) is 1. The van der Waals surface area contributed by atoms with Gasteiger partial charge in [0.2, 0.25) is 5.79 Å². The first-order chi connectivity index (χ1) is 10.1. The van der Waals surface area contributed by atoms with E-state index < -0.39 is 46.7 Å². The zero-order chi connectivity index (χ0) is 16.9. The van der Waals surface area contributed by atoms with Crippen molar-refractivity contribution in [1.29, 1.82) is 0 Å². The number of allylic oxidation sites excluding steroid dienone is 2. The number of fused-ring (bicyclic) bond motifs is 1. The van der Waals surface area contributed by atoms with Gasteiger partial charge in [-0.15, -0.1) is 0 Å². The third-order valence-electron chi connectivity index (χ3n) is 4.72. The maximum absolute atomic E-state index is 12.5. The molecule has 6 nitrogen and oxygen atoms in total. The molecule has 1 aliphatic heterocycles. The molecule has 2 aliphatic rings. The standard InChI is InChI=1S/C16H20O6/c1-5-6-16-8(2)7-10(13(18)19)11(9(3)17)12(16)15(4,21)22-14(16)20/h5-8,11-12,21H,1-4H3,(H,18,19)/b6-5+/t8-,11+,12+,15+,16+/m1/s1. The van der Waals surface area contributed by atoms with Crippen molar-refractivity contribution in [3.05, 3.63) is 23.8 Å². The Morgan fingerprint density at radius 2 is 2.00 bits per heavy atom. The van der Waals surface area contributed by atoms with Gasteiger partial charge < -0.3 is 14.9 Å². The summed E-state index contributed by atoms with van der Waals surface area (Å²) in [5.41, 5.74) is -1.34. The monoisotopic (exact) mass is 308 g/mol. The molecule has 0 aromatic carbocycles. The molecule has 2 N–H and O–H groups in total. The summed E-state index contributed by atoms with van der Waals surface area (Å²) >= 11 is 0. The minimum absolute atomic E-state index is 0.0938. The maximum atomic E-state index is 12.5. The number of rotatable bonds is 3. The number of esters is 1. The second-order valence-electron chi connectivity index (χ2n) is 6.16. The van der Waals surface area contributed by atoms with Crippen LogP contribution < -0.4 is 0 Å². The van der Waals surface area contributed by atoms with Gasteiger partial charge in [-0.25, -0.2) is 4.79 Å². The van der Waals surface area contributed by atoms with Gasteiger partial charge in [0.25, 0.3) is 0 Å². The topological polar surface area (TPSA) is 101 Å². The van der Waals surface area contributed by atoms with Gasteiger partial charge in [-0.1, -0.05) is 25.2 Å². The number of ketones is 1. The Morgan fingerprint density at radius 1 is 1.41 bits per heavy atom. The van der Waals surface area contributed by atoms with Crippen molar-refractivity contribution < 1.29 is 29.3 Å². The van der Waals surface area contributed by atoms with Crippen molar-refractivity contribution in [2.24, 2.45) is 23.2 Å². The number of carboxylic acid groups (broad SMARTS) is 1. The molecule has 1 aliphatic carbocycles. The van der Waals surface area contributed by atoms with E-state index in [0.717, 1.165) is 0 Å². The quantitative estimate of drug-likeness (QED) is 0.602. The molecular weight excluding hydrogens is 288 g/mol. The van der Waals surface area contributed by atoms with E-state index in [9.17, 15) is 24.6 Å². The smallest absolute Gasteiger partial charge is 0.332 e. The highest BCUT2D eigenvalue weighted by Crippen LogP contribution is 2.58. The molecule has 22 heavy (non-hydrogen) atoms. The average molecular weight is 308 g/mol. The summed E-state index contributed by atoms with van der Waals surface area (Å²) in [5, 5.41) is 19.9. The number of aliphatic hydroxyl groups is 1. The Kier molecular flexibility index (Phi) is 3.77. The lowest BCUT2D eigenvalue weighted by molar-refractivity contribution is -0.197. The van der Waals surface area contributed by atoms with E-state index in [-0.39, 0.29) is 5.57 Å². The number of hydrogen-bond acceptors (Lipinski definition) is 5. The molecule has 0 amide bonds. The summed E-state index contributed by atoms with van der Waals surface area (Å²) in [7, 11) is 0. The van der Waals surface area contributed by atoms with Crippen molar-refractivity contribution in [3.8, 4) is 0 Å². The fourth-order valence-electron chi connectivity index (χ4n) is 3.91. The summed E-state index contributed by atoms with van der Waals surface area (Å²) in [5.74, 6) is -6.79. The minimum atomic E-state index is -1.91. The number of cyclic esters (lactones) is 1. The highest BCUT2D eigenvalue weighted by atomic mass is 16.7. The molecule has 120 valence electrons. The van der Waals surface area contributed by atoms with Crippen LogP contribution in [0.2, 0.25) is 0 Å². The largest absolute Gasteiger partial charge is 0.478 e. The zero-order valence-corrected chi connectivity index (χ0v) is 13.0. The molecular formula is C16H20O6. The second-order valence-corrected chi connectivity index (χ2v) is 6.16. The molecule has 6 heteroatoms. The molecule has 0 aromatic rings. The minimum Gasteiger partial charge on any atom is -0.478 e. The van der Waals surface area contributed by atoms with E-state index in [4.69, 9.17) is 4.74 Å². The van der Waals surface area contributed by atoms with E-state index in [0.29, 0.717) is 0 Å². The normalized spacial score (nSPS) is 41.0. The molecule has 0 saturated carbocycles. The van der Waals surface area contributed by atoms with Crippen molar-refractivity contribution >= 4 is 17.7 Å². The lowest BCUT2D eigenvalue weighted by atomic mass is 9.55. The van der Waals surface area contributed by atoms with Crippen LogP contribution in [0.4, 0.5) is 0 Å². The Balaban J connectivity index is 2.79. The van der Waals surface area contributed by atoms with E-state index in [2.05, 4.69) is 0 Å². The molecule has 1 heterocycles. The van der Waals surface area contributed by atoms with Crippen LogP contribution in [0.1, 0.15) is 27.7 Å². The maximum Gasteiger partial charge on any atom is 0.332 e. The third kappa shape index (κ3) is 2.01. The molecule has 1 fully saturated rings. The number of carbonyl (C=O) groups excluding carboxylic acids is 2. The van der Waals surface area contributed by atoms with Gasteiger partial charge >= 0.3 is 11.9 Å². The Hall–Kier alpha value is -1.95. The van der Waals surface area contributed by atoms with Crippen molar-refractivity contribution in [1.82, 2.24) is 0 Å². The van der Waals surface area contributed by atoms with Gasteiger partial charge in [0, 0.05) is 12.5 Å². The van der Waals surface area contributed by atoms with Crippen LogP contribution in [-0.2, 0) is 19.1 Å². The molecule has 0 bridgehead atoms. The molecule has 0 spiro atoms. The van der Waals surface area contributed by atoms with Crippen LogP contribution in [0.25, 0.3) is 0 Å². The number of carbonyl (C=O) groups is 3. The first-order valence-corrected chi connectivity index (χ1v) is 7.14. The van der Waals surface area contributed by atoms with E-state index in [1.54, 1.807) is 26.0 Å². The first-order valence-electron chi connectivity index (χ1n) is 7.14. The van der Waals surface area contributed by atoms with Crippen LogP contribution in [0, 0.1) is 23.2 Å². The number of ether oxygens (including phenoxy) is 1. The van der Waals surface area contributed by atoms with Crippen LogP contribution >= 0.6 is 0 Å². The SMILES string of the molecule is C/C=C/[C@@]12C(=O)O[C@](C)(O)[C@@H]1[C@@H](C(C)=O)C(C(=O)O)=C[C@H]2C. The summed E-state index contributed by atoms with van der Waals surface area (Å²) in [6, 6.07) is 0. The van der Waals surface area contributed by atoms with Crippen LogP contribution in [0.3, 0.4) is 0 Å². The lowest BCUT2D eigenvalue weighted by Gasteiger charge is -2.43. The van der Waals surface area contributed by atoms with E-state index in [1.165, 1.54) is 19.9 Å². The van der Waals surface area contributed by atoms with Crippen LogP contribution in [0.15, 0.2) is 23.8 Å². The molecule has 1 saturated heterocycles. The molecule has 0 unspecified atom stereocenters. The number of hydrogen-bond donors (Lipinski definition) is 2. The van der Waals surface area contributed by atoms with Crippen LogP contribution in [-0.4, -0.2) is 33.7 Å². The first kappa shape index (κ1) is 16.4. The Labute approximate surface area is 128 Å². The van der Waals surface area contributed by atoms with Gasteiger partial charge in [-0.05, 0) is 19.8 Å². The van der Waals surface area contributed by atoms with E-state index >= 15 is 0 Å². The Bertz CT molecular complexity index is 600. The molecule has 0 radical (unpaired) electrons. The summed E-state index contributed by atoms with van der Waals surface area (Å²) in [6.07, 6.45) is 4.69. The molecule has 2 rings (SSSR count). The summed E-state index contributed by atoms with van der Waals surface area (Å²) < 4.78 is 5.12. The van der Waals surface area contributed by atoms with Gasteiger partial charge in [-0.2, -0.15) is 0 Å². The average Bonchev–Trinajstić information content (AvgIpc) is 2.58. The van der Waals surface area contributed by atoms with Gasteiger partial charge in [-0.3, -0.25) is 9.59 Å². The summed E-state index contributed by atoms with van der Waals surface area (Å²) in [6.45, 7) is 5.97. The number of carboxylic acids is 1. The summed E-state index contributed by atoms with van der Waals surface area (Å²) in [4.78, 5) is 36.1. The highest BCUT2D eigenvalue weighted by molar-refractivity contribution is 5.98. The van der Waals surface area contributed by atoms with Gasteiger partial charge in [0.05, 0.1) is 11.8 Å². The van der Waals surface area contributed by atoms with Crippen molar-refractivity contribution in [2.45, 2.75) is 33.5 Å². The van der Waals surface area contributed by atoms with E-state index in [1.807, 2.05) is 0 Å². The fraction of sp³-hybridized carbons (Fsp3) is 0.562. The predicted octanol–water partition coefficient (Wildman–Crippen LogP) is 1.30. The number of aliphatic carboxylic acids is 1. The predicted molar refractivity (Wildman–Crippen MR) is 76.5 cm³/mol. The third-order valence-corrected chi connectivity index (χ3v) is 4.72. The fourth-order valence-corrected chi connectivity index (χ4v) is 3.91. The van der Waals surface area contributed by atoms with Gasteiger partial charge in [0.1, 0.15) is 11.2 Å². The Morgan fingerprint density at radius 3 is 2.45 bits per heavy atom. The van der Waals surface area contributed by atoms with Crippen molar-refractivity contribution in [3.63, 3.8) is 0 Å². The molecule has 5 atom stereocenters.